The highest BCUT2D eigenvalue weighted by molar-refractivity contribution is 7.84. The first-order chi connectivity index (χ1) is 11.5. The van der Waals surface area contributed by atoms with Crippen molar-refractivity contribution >= 4 is 22.7 Å². The highest BCUT2D eigenvalue weighted by Gasteiger charge is 2.34. The summed E-state index contributed by atoms with van der Waals surface area (Å²) in [5, 5.41) is 9.51. The van der Waals surface area contributed by atoms with E-state index in [0.29, 0.717) is 16.9 Å². The van der Waals surface area contributed by atoms with E-state index in [1.807, 2.05) is 24.3 Å². The fourth-order valence-electron chi connectivity index (χ4n) is 2.91. The van der Waals surface area contributed by atoms with Crippen LogP contribution in [0.15, 0.2) is 53.4 Å². The van der Waals surface area contributed by atoms with Crippen LogP contribution in [0.3, 0.4) is 0 Å². The van der Waals surface area contributed by atoms with E-state index in [0.717, 1.165) is 11.1 Å². The normalized spacial score (nSPS) is 17.9. The second-order valence-electron chi connectivity index (χ2n) is 5.74. The van der Waals surface area contributed by atoms with Gasteiger partial charge in [-0.2, -0.15) is 0 Å². The number of carboxylic acids is 1. The van der Waals surface area contributed by atoms with Crippen molar-refractivity contribution in [2.45, 2.75) is 23.9 Å². The molecule has 6 heteroatoms. The van der Waals surface area contributed by atoms with Crippen LogP contribution < -0.4 is 0 Å². The van der Waals surface area contributed by atoms with Crippen LogP contribution in [-0.4, -0.2) is 38.4 Å². The predicted molar refractivity (Wildman–Crippen MR) is 90.2 cm³/mol. The molecule has 0 spiro atoms. The van der Waals surface area contributed by atoms with Gasteiger partial charge in [-0.15, -0.1) is 0 Å². The number of rotatable bonds is 3. The zero-order chi connectivity index (χ0) is 17.3. The predicted octanol–water partition coefficient (Wildman–Crippen LogP) is 2.08. The van der Waals surface area contributed by atoms with Crippen molar-refractivity contribution in [2.75, 3.05) is 6.26 Å². The quantitative estimate of drug-likeness (QED) is 0.926. The lowest BCUT2D eigenvalue weighted by atomic mass is 9.93. The molecular weight excluding hydrogens is 326 g/mol. The molecule has 0 aromatic heterocycles. The van der Waals surface area contributed by atoms with Crippen molar-refractivity contribution in [1.29, 1.82) is 0 Å². The Hall–Kier alpha value is -2.47. The molecule has 1 heterocycles. The van der Waals surface area contributed by atoms with E-state index in [9.17, 15) is 18.9 Å². The number of fused-ring (bicyclic) bond motifs is 1. The van der Waals surface area contributed by atoms with E-state index >= 15 is 0 Å². The van der Waals surface area contributed by atoms with Crippen LogP contribution in [0, 0.1) is 0 Å². The summed E-state index contributed by atoms with van der Waals surface area (Å²) in [7, 11) is -1.12. The first-order valence-electron chi connectivity index (χ1n) is 7.51. The molecule has 24 heavy (non-hydrogen) atoms. The van der Waals surface area contributed by atoms with Gasteiger partial charge in [-0.25, -0.2) is 4.79 Å². The largest absolute Gasteiger partial charge is 0.480 e. The Morgan fingerprint density at radius 3 is 2.29 bits per heavy atom. The maximum Gasteiger partial charge on any atom is 0.326 e. The number of hydrogen-bond donors (Lipinski definition) is 1. The molecule has 0 aliphatic carbocycles. The molecule has 0 radical (unpaired) electrons. The summed E-state index contributed by atoms with van der Waals surface area (Å²) in [6.45, 7) is 0.271. The average molecular weight is 343 g/mol. The zero-order valence-electron chi connectivity index (χ0n) is 13.1. The van der Waals surface area contributed by atoms with Crippen molar-refractivity contribution in [2.24, 2.45) is 0 Å². The molecule has 1 amide bonds. The molecule has 1 aliphatic rings. The molecule has 3 rings (SSSR count). The number of aliphatic carboxylic acids is 1. The minimum Gasteiger partial charge on any atom is -0.480 e. The van der Waals surface area contributed by atoms with Crippen molar-refractivity contribution in [3.63, 3.8) is 0 Å². The lowest BCUT2D eigenvalue weighted by Crippen LogP contribution is -2.48. The monoisotopic (exact) mass is 343 g/mol. The number of benzene rings is 2. The van der Waals surface area contributed by atoms with Crippen LogP contribution in [0.4, 0.5) is 0 Å². The van der Waals surface area contributed by atoms with Gasteiger partial charge in [0.15, 0.2) is 0 Å². The molecule has 2 unspecified atom stereocenters. The van der Waals surface area contributed by atoms with E-state index in [1.165, 1.54) is 4.90 Å². The Balaban J connectivity index is 1.92. The van der Waals surface area contributed by atoms with Crippen LogP contribution in [0.1, 0.15) is 21.5 Å². The van der Waals surface area contributed by atoms with E-state index < -0.39 is 22.8 Å². The molecule has 0 fully saturated rings. The van der Waals surface area contributed by atoms with Crippen LogP contribution in [0.5, 0.6) is 0 Å². The second-order valence-corrected chi connectivity index (χ2v) is 7.12. The summed E-state index contributed by atoms with van der Waals surface area (Å²) >= 11 is 0. The van der Waals surface area contributed by atoms with E-state index in [4.69, 9.17) is 0 Å². The van der Waals surface area contributed by atoms with Crippen molar-refractivity contribution in [1.82, 2.24) is 4.90 Å². The van der Waals surface area contributed by atoms with Gasteiger partial charge in [0.25, 0.3) is 5.91 Å². The highest BCUT2D eigenvalue weighted by Crippen LogP contribution is 2.25. The second kappa shape index (κ2) is 6.57. The minimum absolute atomic E-state index is 0.271. The Labute approximate surface area is 142 Å². The maximum absolute atomic E-state index is 12.8. The number of nitrogens with zero attached hydrogens (tertiary/aromatic N) is 1. The SMILES string of the molecule is CS(=O)c1ccc(C(=O)N2Cc3ccccc3CC2C(=O)O)cc1. The van der Waals surface area contributed by atoms with Crippen LogP contribution >= 0.6 is 0 Å². The summed E-state index contributed by atoms with van der Waals surface area (Å²) in [4.78, 5) is 26.4. The minimum atomic E-state index is -1.12. The summed E-state index contributed by atoms with van der Waals surface area (Å²) in [5.74, 6) is -1.34. The Morgan fingerprint density at radius 1 is 1.08 bits per heavy atom. The maximum atomic E-state index is 12.8. The van der Waals surface area contributed by atoms with Crippen LogP contribution in [-0.2, 0) is 28.6 Å². The molecule has 1 aliphatic heterocycles. The van der Waals surface area contributed by atoms with Gasteiger partial charge in [-0.05, 0) is 35.4 Å². The molecule has 0 saturated carbocycles. The van der Waals surface area contributed by atoms with Crippen LogP contribution in [0.2, 0.25) is 0 Å². The third-order valence-electron chi connectivity index (χ3n) is 4.23. The van der Waals surface area contributed by atoms with Gasteiger partial charge in [0, 0.05) is 40.5 Å². The summed E-state index contributed by atoms with van der Waals surface area (Å²) in [5.41, 5.74) is 2.33. The summed E-state index contributed by atoms with van der Waals surface area (Å²) < 4.78 is 11.4. The Morgan fingerprint density at radius 2 is 1.71 bits per heavy atom. The van der Waals surface area contributed by atoms with E-state index in [1.54, 1.807) is 30.5 Å². The fourth-order valence-corrected chi connectivity index (χ4v) is 3.43. The van der Waals surface area contributed by atoms with Gasteiger partial charge >= 0.3 is 5.97 Å². The summed E-state index contributed by atoms with van der Waals surface area (Å²) in [6, 6.07) is 13.2. The fraction of sp³-hybridized carbons (Fsp3) is 0.222. The Kier molecular flexibility index (Phi) is 4.49. The molecule has 124 valence electrons. The van der Waals surface area contributed by atoms with Gasteiger partial charge in [0.1, 0.15) is 6.04 Å². The first kappa shape index (κ1) is 16.4. The average Bonchev–Trinajstić information content (AvgIpc) is 2.60. The lowest BCUT2D eigenvalue weighted by Gasteiger charge is -2.34. The molecule has 2 atom stereocenters. The summed E-state index contributed by atoms with van der Waals surface area (Å²) in [6.07, 6.45) is 1.87. The first-order valence-corrected chi connectivity index (χ1v) is 9.07. The molecule has 0 bridgehead atoms. The van der Waals surface area contributed by atoms with Gasteiger partial charge in [0.2, 0.25) is 0 Å². The third kappa shape index (κ3) is 3.10. The molecule has 5 nitrogen and oxygen atoms in total. The third-order valence-corrected chi connectivity index (χ3v) is 5.16. The number of amides is 1. The zero-order valence-corrected chi connectivity index (χ0v) is 14.0. The molecular formula is C18H17NO4S. The standard InChI is InChI=1S/C18H17NO4S/c1-24(23)15-8-6-12(7-9-15)17(20)19-11-14-5-3-2-4-13(14)10-16(19)18(21)22/h2-9,16H,10-11H2,1H3,(H,21,22). The number of hydrogen-bond acceptors (Lipinski definition) is 3. The van der Waals surface area contributed by atoms with Gasteiger partial charge in [-0.3, -0.25) is 9.00 Å². The van der Waals surface area contributed by atoms with Crippen molar-refractivity contribution in [3.05, 3.63) is 65.2 Å². The Bertz CT molecular complexity index is 816. The molecule has 1 N–H and O–H groups in total. The van der Waals surface area contributed by atoms with Gasteiger partial charge < -0.3 is 10.0 Å². The van der Waals surface area contributed by atoms with Crippen LogP contribution in [0.25, 0.3) is 0 Å². The molecule has 0 saturated heterocycles. The molecule has 2 aromatic carbocycles. The smallest absolute Gasteiger partial charge is 0.326 e. The topological polar surface area (TPSA) is 74.7 Å². The number of carbonyl (C=O) groups excluding carboxylic acids is 1. The number of carboxylic acid groups (broad SMARTS) is 1. The van der Waals surface area contributed by atoms with Gasteiger partial charge in [-0.1, -0.05) is 24.3 Å². The highest BCUT2D eigenvalue weighted by atomic mass is 32.2. The van der Waals surface area contributed by atoms with E-state index in [2.05, 4.69) is 0 Å². The number of carbonyl (C=O) groups is 2. The van der Waals surface area contributed by atoms with Crippen molar-refractivity contribution < 1.29 is 18.9 Å². The molecule has 2 aromatic rings. The van der Waals surface area contributed by atoms with Crippen molar-refractivity contribution in [3.8, 4) is 0 Å². The van der Waals surface area contributed by atoms with E-state index in [-0.39, 0.29) is 12.5 Å². The lowest BCUT2D eigenvalue weighted by molar-refractivity contribution is -0.142. The van der Waals surface area contributed by atoms with Gasteiger partial charge in [0.05, 0.1) is 0 Å².